The van der Waals surface area contributed by atoms with Gasteiger partial charge in [0.05, 0.1) is 12.7 Å². The third-order valence-corrected chi connectivity index (χ3v) is 4.58. The molecule has 0 aliphatic carbocycles. The van der Waals surface area contributed by atoms with Gasteiger partial charge in [0.15, 0.2) is 6.10 Å². The molecule has 0 amide bonds. The summed E-state index contributed by atoms with van der Waals surface area (Å²) in [4.78, 5) is 11.5. The van der Waals surface area contributed by atoms with Crippen molar-refractivity contribution in [2.24, 2.45) is 5.92 Å². The van der Waals surface area contributed by atoms with Gasteiger partial charge in [0.1, 0.15) is 0 Å². The van der Waals surface area contributed by atoms with Crippen LogP contribution in [0.2, 0.25) is 10.0 Å². The lowest BCUT2D eigenvalue weighted by atomic mass is 9.92. The first kappa shape index (κ1) is 20.7. The van der Waals surface area contributed by atoms with Crippen LogP contribution in [0, 0.1) is 5.92 Å². The summed E-state index contributed by atoms with van der Waals surface area (Å²) in [5.74, 6) is -1.12. The first-order valence-corrected chi connectivity index (χ1v) is 9.15. The molecule has 2 aromatic rings. The second-order valence-corrected chi connectivity index (χ2v) is 7.10. The maximum absolute atomic E-state index is 11.5. The summed E-state index contributed by atoms with van der Waals surface area (Å²) in [6, 6.07) is 13.1. The molecule has 0 fully saturated rings. The van der Waals surface area contributed by atoms with Gasteiger partial charge in [0, 0.05) is 10.0 Å². The number of hydrogen-bond acceptors (Lipinski definition) is 4. The fourth-order valence-corrected chi connectivity index (χ4v) is 3.25. The van der Waals surface area contributed by atoms with Crippen LogP contribution < -0.4 is 0 Å². The van der Waals surface area contributed by atoms with Crippen molar-refractivity contribution in [1.29, 1.82) is 0 Å². The summed E-state index contributed by atoms with van der Waals surface area (Å²) in [6.07, 6.45) is -2.23. The minimum absolute atomic E-state index is 0.159. The van der Waals surface area contributed by atoms with Crippen LogP contribution in [0.4, 0.5) is 0 Å². The molecule has 4 nitrogen and oxygen atoms in total. The SMILES string of the molecule is CCOC(=O)[C@H](O)[C@@H](O)[C@@H](C)Cc1ccc(-c2cc(Cl)cc(Cl)c2)cc1. The van der Waals surface area contributed by atoms with E-state index >= 15 is 0 Å². The van der Waals surface area contributed by atoms with Crippen molar-refractivity contribution in [2.45, 2.75) is 32.5 Å². The maximum atomic E-state index is 11.5. The monoisotopic (exact) mass is 396 g/mol. The molecule has 26 heavy (non-hydrogen) atoms. The summed E-state index contributed by atoms with van der Waals surface area (Å²) in [6.45, 7) is 3.58. The smallest absolute Gasteiger partial charge is 0.337 e. The Morgan fingerprint density at radius 2 is 1.62 bits per heavy atom. The number of ether oxygens (including phenoxy) is 1. The summed E-state index contributed by atoms with van der Waals surface area (Å²) < 4.78 is 4.74. The molecule has 0 unspecified atom stereocenters. The van der Waals surface area contributed by atoms with Gasteiger partial charge in [-0.2, -0.15) is 0 Å². The van der Waals surface area contributed by atoms with E-state index in [1.54, 1.807) is 19.9 Å². The Labute approximate surface area is 163 Å². The molecular formula is C20H22Cl2O4. The third-order valence-electron chi connectivity index (χ3n) is 4.14. The zero-order valence-corrected chi connectivity index (χ0v) is 16.2. The Morgan fingerprint density at radius 1 is 1.04 bits per heavy atom. The van der Waals surface area contributed by atoms with Gasteiger partial charge in [-0.15, -0.1) is 0 Å². The molecule has 2 rings (SSSR count). The zero-order chi connectivity index (χ0) is 19.3. The summed E-state index contributed by atoms with van der Waals surface area (Å²) >= 11 is 12.1. The van der Waals surface area contributed by atoms with Crippen LogP contribution in [0.3, 0.4) is 0 Å². The lowest BCUT2D eigenvalue weighted by Gasteiger charge is -2.22. The van der Waals surface area contributed by atoms with Gasteiger partial charge in [-0.25, -0.2) is 4.79 Å². The molecule has 140 valence electrons. The Morgan fingerprint density at radius 3 is 2.15 bits per heavy atom. The highest BCUT2D eigenvalue weighted by molar-refractivity contribution is 6.35. The highest BCUT2D eigenvalue weighted by Crippen LogP contribution is 2.28. The van der Waals surface area contributed by atoms with E-state index in [0.29, 0.717) is 16.5 Å². The summed E-state index contributed by atoms with van der Waals surface area (Å²) in [7, 11) is 0. The second-order valence-electron chi connectivity index (χ2n) is 6.22. The molecule has 3 atom stereocenters. The third kappa shape index (κ3) is 5.45. The molecule has 0 spiro atoms. The van der Waals surface area contributed by atoms with Crippen molar-refractivity contribution in [2.75, 3.05) is 6.61 Å². The molecule has 0 aromatic heterocycles. The fraction of sp³-hybridized carbons (Fsp3) is 0.350. The fourth-order valence-electron chi connectivity index (χ4n) is 2.72. The number of aliphatic hydroxyl groups excluding tert-OH is 2. The van der Waals surface area contributed by atoms with Gasteiger partial charge in [-0.1, -0.05) is 54.4 Å². The summed E-state index contributed by atoms with van der Waals surface area (Å²) in [5.41, 5.74) is 2.86. The quantitative estimate of drug-likeness (QED) is 0.690. The molecule has 0 saturated heterocycles. The van der Waals surface area contributed by atoms with E-state index in [0.717, 1.165) is 16.7 Å². The van der Waals surface area contributed by atoms with Crippen LogP contribution in [0.15, 0.2) is 42.5 Å². The molecule has 0 bridgehead atoms. The van der Waals surface area contributed by atoms with E-state index in [1.165, 1.54) is 0 Å². The molecule has 0 radical (unpaired) electrons. The zero-order valence-electron chi connectivity index (χ0n) is 14.7. The molecule has 0 aliphatic heterocycles. The van der Waals surface area contributed by atoms with Crippen LogP contribution in [0.5, 0.6) is 0 Å². The van der Waals surface area contributed by atoms with Crippen molar-refractivity contribution in [1.82, 2.24) is 0 Å². The van der Waals surface area contributed by atoms with E-state index in [1.807, 2.05) is 36.4 Å². The number of carbonyl (C=O) groups excluding carboxylic acids is 1. The van der Waals surface area contributed by atoms with E-state index in [-0.39, 0.29) is 12.5 Å². The van der Waals surface area contributed by atoms with Gasteiger partial charge in [0.25, 0.3) is 0 Å². The largest absolute Gasteiger partial charge is 0.464 e. The molecule has 0 saturated carbocycles. The van der Waals surface area contributed by atoms with Gasteiger partial charge in [0.2, 0.25) is 0 Å². The Kier molecular flexibility index (Phi) is 7.47. The predicted octanol–water partition coefficient (Wildman–Crippen LogP) is 4.12. The minimum atomic E-state index is -1.54. The number of benzene rings is 2. The average molecular weight is 397 g/mol. The second kappa shape index (κ2) is 9.38. The standard InChI is InChI=1S/C20H22Cl2O4/c1-3-26-20(25)19(24)18(23)12(2)8-13-4-6-14(7-5-13)15-9-16(21)11-17(22)10-15/h4-7,9-12,18-19,23-24H,3,8H2,1-2H3/t12-,18-,19+/m0/s1. The first-order valence-electron chi connectivity index (χ1n) is 8.40. The highest BCUT2D eigenvalue weighted by atomic mass is 35.5. The molecule has 2 aromatic carbocycles. The number of rotatable bonds is 7. The van der Waals surface area contributed by atoms with E-state index < -0.39 is 18.2 Å². The van der Waals surface area contributed by atoms with Crippen LogP contribution in [0.1, 0.15) is 19.4 Å². The van der Waals surface area contributed by atoms with Crippen LogP contribution in [-0.4, -0.2) is 35.0 Å². The normalized spacial score (nSPS) is 14.5. The van der Waals surface area contributed by atoms with Gasteiger partial charge < -0.3 is 14.9 Å². The van der Waals surface area contributed by atoms with Crippen molar-refractivity contribution in [3.05, 3.63) is 58.1 Å². The topological polar surface area (TPSA) is 66.8 Å². The van der Waals surface area contributed by atoms with E-state index in [2.05, 4.69) is 0 Å². The summed E-state index contributed by atoms with van der Waals surface area (Å²) in [5, 5.41) is 21.2. The number of aliphatic hydroxyl groups is 2. The van der Waals surface area contributed by atoms with Crippen molar-refractivity contribution < 1.29 is 19.7 Å². The van der Waals surface area contributed by atoms with Crippen LogP contribution >= 0.6 is 23.2 Å². The number of esters is 1. The lowest BCUT2D eigenvalue weighted by molar-refractivity contribution is -0.161. The Hall–Kier alpha value is -1.59. The number of carbonyl (C=O) groups is 1. The van der Waals surface area contributed by atoms with Crippen molar-refractivity contribution in [3.63, 3.8) is 0 Å². The first-order chi connectivity index (χ1) is 12.3. The molecule has 6 heteroatoms. The van der Waals surface area contributed by atoms with Crippen LogP contribution in [-0.2, 0) is 16.0 Å². The van der Waals surface area contributed by atoms with Crippen LogP contribution in [0.25, 0.3) is 11.1 Å². The Bertz CT molecular complexity index is 726. The predicted molar refractivity (Wildman–Crippen MR) is 103 cm³/mol. The highest BCUT2D eigenvalue weighted by Gasteiger charge is 2.29. The number of hydrogen-bond donors (Lipinski definition) is 2. The van der Waals surface area contributed by atoms with Gasteiger partial charge >= 0.3 is 5.97 Å². The van der Waals surface area contributed by atoms with Crippen molar-refractivity contribution in [3.8, 4) is 11.1 Å². The lowest BCUT2D eigenvalue weighted by Crippen LogP contribution is -2.40. The molecule has 0 heterocycles. The molecule has 2 N–H and O–H groups in total. The van der Waals surface area contributed by atoms with Crippen molar-refractivity contribution >= 4 is 29.2 Å². The maximum Gasteiger partial charge on any atom is 0.337 e. The number of halogens is 2. The van der Waals surface area contributed by atoms with E-state index in [4.69, 9.17) is 27.9 Å². The minimum Gasteiger partial charge on any atom is -0.464 e. The van der Waals surface area contributed by atoms with Gasteiger partial charge in [-0.3, -0.25) is 0 Å². The Balaban J connectivity index is 2.05. The van der Waals surface area contributed by atoms with Gasteiger partial charge in [-0.05, 0) is 54.2 Å². The molecular weight excluding hydrogens is 375 g/mol. The average Bonchev–Trinajstić information content (AvgIpc) is 2.60. The molecule has 0 aliphatic rings. The van der Waals surface area contributed by atoms with E-state index in [9.17, 15) is 15.0 Å².